The standard InChI is InChI=1S/C19H20FN3OS.CH2O2/c1-2-19(8-10-25-18(21)23-19)14-11-13(6-7-15(14)20)12-17(24)16-5-3-4-9-22-16;2-1-3/h3-7,9,11H,2,8,10,12H2,1H3,(H2,21,23);1H,(H,2,3)/t19-;/m0./s1. The molecule has 2 heterocycles. The van der Waals surface area contributed by atoms with Crippen molar-refractivity contribution in [3.8, 4) is 0 Å². The molecule has 1 atom stereocenters. The molecule has 28 heavy (non-hydrogen) atoms. The maximum absolute atomic E-state index is 14.6. The molecule has 1 aliphatic heterocycles. The number of hydrogen-bond donors (Lipinski definition) is 2. The fourth-order valence-electron chi connectivity index (χ4n) is 3.11. The number of halogens is 1. The number of aliphatic imine (C=N–C) groups is 1. The summed E-state index contributed by atoms with van der Waals surface area (Å²) in [4.78, 5) is 29.4. The number of nitrogens with two attached hydrogens (primary N) is 1. The fourth-order valence-corrected chi connectivity index (χ4v) is 4.00. The zero-order valence-corrected chi connectivity index (χ0v) is 16.3. The van der Waals surface area contributed by atoms with Crippen LogP contribution in [0.2, 0.25) is 0 Å². The second kappa shape index (κ2) is 9.98. The minimum absolute atomic E-state index is 0.0917. The van der Waals surface area contributed by atoms with Crippen LogP contribution in [-0.4, -0.2) is 33.3 Å². The number of carboxylic acid groups (broad SMARTS) is 1. The minimum Gasteiger partial charge on any atom is -0.483 e. The third-order valence-electron chi connectivity index (χ3n) is 4.52. The molecule has 148 valence electrons. The molecule has 2 aromatic rings. The highest BCUT2D eigenvalue weighted by molar-refractivity contribution is 8.13. The number of amidine groups is 1. The van der Waals surface area contributed by atoms with E-state index in [1.165, 1.54) is 17.8 Å². The van der Waals surface area contributed by atoms with E-state index in [1.54, 1.807) is 36.5 Å². The zero-order valence-electron chi connectivity index (χ0n) is 15.5. The molecular weight excluding hydrogens is 381 g/mol. The number of nitrogens with zero attached hydrogens (tertiary/aromatic N) is 2. The third-order valence-corrected chi connectivity index (χ3v) is 5.32. The first kappa shape index (κ1) is 21.6. The Morgan fingerprint density at radius 1 is 1.39 bits per heavy atom. The SMILES string of the molecule is CC[C@@]1(c2cc(CC(=O)c3ccccn3)ccc2F)CCSC(N)=N1.O=CO. The molecule has 0 saturated carbocycles. The first-order chi connectivity index (χ1) is 13.5. The number of carbonyl (C=O) groups is 2. The van der Waals surface area contributed by atoms with Gasteiger partial charge in [0, 0.05) is 23.9 Å². The van der Waals surface area contributed by atoms with Gasteiger partial charge in [-0.2, -0.15) is 0 Å². The van der Waals surface area contributed by atoms with Crippen LogP contribution in [0.5, 0.6) is 0 Å². The van der Waals surface area contributed by atoms with Gasteiger partial charge >= 0.3 is 0 Å². The summed E-state index contributed by atoms with van der Waals surface area (Å²) in [7, 11) is 0. The number of rotatable bonds is 5. The summed E-state index contributed by atoms with van der Waals surface area (Å²) in [6.45, 7) is 1.73. The quantitative estimate of drug-likeness (QED) is 0.585. The highest BCUT2D eigenvalue weighted by atomic mass is 32.2. The molecule has 3 N–H and O–H groups in total. The Morgan fingerprint density at radius 3 is 2.75 bits per heavy atom. The van der Waals surface area contributed by atoms with Gasteiger partial charge < -0.3 is 10.8 Å². The molecule has 0 fully saturated rings. The number of aromatic nitrogens is 1. The summed E-state index contributed by atoms with van der Waals surface area (Å²) in [5.74, 6) is 0.407. The highest BCUT2D eigenvalue weighted by Gasteiger charge is 2.35. The van der Waals surface area contributed by atoms with Crippen LogP contribution in [-0.2, 0) is 16.8 Å². The number of carbonyl (C=O) groups excluding carboxylic acids is 1. The summed E-state index contributed by atoms with van der Waals surface area (Å²) in [6.07, 6.45) is 3.15. The van der Waals surface area contributed by atoms with E-state index in [4.69, 9.17) is 15.6 Å². The average molecular weight is 403 g/mol. The van der Waals surface area contributed by atoms with E-state index in [0.29, 0.717) is 22.8 Å². The van der Waals surface area contributed by atoms with Crippen molar-refractivity contribution in [1.29, 1.82) is 0 Å². The Labute approximate surface area is 167 Å². The van der Waals surface area contributed by atoms with Crippen molar-refractivity contribution in [1.82, 2.24) is 4.98 Å². The number of ketones is 1. The number of pyridine rings is 1. The Hall–Kier alpha value is -2.74. The summed E-state index contributed by atoms with van der Waals surface area (Å²) < 4.78 is 14.6. The van der Waals surface area contributed by atoms with Crippen molar-refractivity contribution in [2.75, 3.05) is 5.75 Å². The third kappa shape index (κ3) is 5.16. The molecule has 0 bridgehead atoms. The van der Waals surface area contributed by atoms with Crippen molar-refractivity contribution >= 4 is 29.2 Å². The molecule has 0 saturated heterocycles. The number of Topliss-reactive ketones (excluding diaryl/α,β-unsaturated/α-hetero) is 1. The monoisotopic (exact) mass is 403 g/mol. The topological polar surface area (TPSA) is 106 Å². The normalized spacial score (nSPS) is 18.4. The maximum Gasteiger partial charge on any atom is 0.290 e. The van der Waals surface area contributed by atoms with E-state index < -0.39 is 5.54 Å². The Bertz CT molecular complexity index is 861. The maximum atomic E-state index is 14.6. The van der Waals surface area contributed by atoms with Crippen LogP contribution in [0.4, 0.5) is 4.39 Å². The summed E-state index contributed by atoms with van der Waals surface area (Å²) in [6, 6.07) is 10.0. The van der Waals surface area contributed by atoms with E-state index >= 15 is 0 Å². The minimum atomic E-state index is -0.649. The lowest BCUT2D eigenvalue weighted by molar-refractivity contribution is -0.122. The lowest BCUT2D eigenvalue weighted by Crippen LogP contribution is -2.32. The molecule has 3 rings (SSSR count). The van der Waals surface area contributed by atoms with Gasteiger partial charge in [0.1, 0.15) is 11.5 Å². The smallest absolute Gasteiger partial charge is 0.290 e. The molecule has 0 spiro atoms. The van der Waals surface area contributed by atoms with E-state index in [2.05, 4.69) is 9.98 Å². The van der Waals surface area contributed by atoms with Crippen LogP contribution in [0.15, 0.2) is 47.6 Å². The molecule has 6 nitrogen and oxygen atoms in total. The van der Waals surface area contributed by atoms with Crippen molar-refractivity contribution in [2.45, 2.75) is 31.7 Å². The van der Waals surface area contributed by atoms with Crippen molar-refractivity contribution in [3.05, 3.63) is 65.2 Å². The Morgan fingerprint density at radius 2 is 2.14 bits per heavy atom. The van der Waals surface area contributed by atoms with Crippen molar-refractivity contribution < 1.29 is 19.1 Å². The van der Waals surface area contributed by atoms with Gasteiger partial charge in [-0.15, -0.1) is 0 Å². The zero-order chi connectivity index (χ0) is 20.6. The average Bonchev–Trinajstić information content (AvgIpc) is 2.70. The lowest BCUT2D eigenvalue weighted by Gasteiger charge is -2.33. The Balaban J connectivity index is 0.000000878. The predicted molar refractivity (Wildman–Crippen MR) is 108 cm³/mol. The van der Waals surface area contributed by atoms with E-state index in [0.717, 1.165) is 17.7 Å². The molecule has 1 aromatic heterocycles. The number of benzene rings is 1. The van der Waals surface area contributed by atoms with Gasteiger partial charge in [0.2, 0.25) is 0 Å². The molecule has 0 radical (unpaired) electrons. The van der Waals surface area contributed by atoms with Crippen LogP contribution in [0, 0.1) is 5.82 Å². The van der Waals surface area contributed by atoms with Gasteiger partial charge in [0.05, 0.1) is 5.54 Å². The molecular formula is C20H22FN3O3S. The van der Waals surface area contributed by atoms with Crippen molar-refractivity contribution in [3.63, 3.8) is 0 Å². The van der Waals surface area contributed by atoms with Crippen molar-refractivity contribution in [2.24, 2.45) is 10.7 Å². The molecule has 1 aliphatic rings. The van der Waals surface area contributed by atoms with Crippen LogP contribution in [0.3, 0.4) is 0 Å². The highest BCUT2D eigenvalue weighted by Crippen LogP contribution is 2.39. The fraction of sp³-hybridized carbons (Fsp3) is 0.300. The molecule has 8 heteroatoms. The van der Waals surface area contributed by atoms with Gasteiger partial charge in [0.25, 0.3) is 6.47 Å². The number of thioether (sulfide) groups is 1. The van der Waals surface area contributed by atoms with Crippen LogP contribution in [0.25, 0.3) is 0 Å². The summed E-state index contributed by atoms with van der Waals surface area (Å²) in [5.41, 5.74) is 6.93. The van der Waals surface area contributed by atoms with Gasteiger partial charge in [0.15, 0.2) is 11.0 Å². The van der Waals surface area contributed by atoms with E-state index in [1.807, 2.05) is 6.92 Å². The van der Waals surface area contributed by atoms with Gasteiger partial charge in [-0.05, 0) is 42.7 Å². The largest absolute Gasteiger partial charge is 0.483 e. The second-order valence-corrected chi connectivity index (χ2v) is 7.28. The predicted octanol–water partition coefficient (Wildman–Crippen LogP) is 3.40. The number of hydrogen-bond acceptors (Lipinski definition) is 6. The van der Waals surface area contributed by atoms with Crippen LogP contribution < -0.4 is 5.73 Å². The van der Waals surface area contributed by atoms with Gasteiger partial charge in [-0.1, -0.05) is 30.8 Å². The second-order valence-electron chi connectivity index (χ2n) is 6.17. The summed E-state index contributed by atoms with van der Waals surface area (Å²) >= 11 is 1.49. The lowest BCUT2D eigenvalue weighted by atomic mass is 9.83. The first-order valence-electron chi connectivity index (χ1n) is 8.75. The molecule has 1 aromatic carbocycles. The van der Waals surface area contributed by atoms with E-state index in [9.17, 15) is 9.18 Å². The first-order valence-corrected chi connectivity index (χ1v) is 9.73. The van der Waals surface area contributed by atoms with Gasteiger partial charge in [-0.3, -0.25) is 19.6 Å². The van der Waals surface area contributed by atoms with E-state index in [-0.39, 0.29) is 24.5 Å². The summed E-state index contributed by atoms with van der Waals surface area (Å²) in [5, 5.41) is 7.38. The van der Waals surface area contributed by atoms with Crippen LogP contribution >= 0.6 is 11.8 Å². The molecule has 0 aliphatic carbocycles. The molecule has 0 amide bonds. The molecule has 0 unspecified atom stereocenters. The van der Waals surface area contributed by atoms with Crippen LogP contribution in [0.1, 0.15) is 41.4 Å². The Kier molecular flexibility index (Phi) is 7.69. The van der Waals surface area contributed by atoms with Gasteiger partial charge in [-0.25, -0.2) is 4.39 Å².